The fraction of sp³-hybridized carbons (Fsp3) is 0.913. The molecule has 4 heteroatoms. The Balaban J connectivity index is 1.14. The summed E-state index contributed by atoms with van der Waals surface area (Å²) in [6.45, 7) is 1.47. The van der Waals surface area contributed by atoms with Gasteiger partial charge in [-0.2, -0.15) is 0 Å². The van der Waals surface area contributed by atoms with Crippen molar-refractivity contribution in [2.24, 2.45) is 29.1 Å². The Hall–Kier alpha value is -1.06. The number of carbonyl (C=O) groups is 2. The molecule has 5 aliphatic carbocycles. The molecule has 0 spiro atoms. The number of amides is 2. The Labute approximate surface area is 163 Å². The average molecular weight is 373 g/mol. The third kappa shape index (κ3) is 3.31. The van der Waals surface area contributed by atoms with Crippen LogP contribution >= 0.6 is 0 Å². The summed E-state index contributed by atoms with van der Waals surface area (Å²) in [6, 6.07) is 0.485. The molecule has 0 aromatic carbocycles. The molecule has 2 atom stereocenters. The molecule has 2 amide bonds. The van der Waals surface area contributed by atoms with Crippen molar-refractivity contribution in [3.63, 3.8) is 0 Å². The molecule has 2 unspecified atom stereocenters. The Kier molecular flexibility index (Phi) is 4.72. The van der Waals surface area contributed by atoms with Gasteiger partial charge in [-0.1, -0.05) is 12.8 Å². The van der Waals surface area contributed by atoms with Gasteiger partial charge in [0.1, 0.15) is 0 Å². The zero-order valence-electron chi connectivity index (χ0n) is 16.8. The Bertz CT molecular complexity index is 564. The molecule has 6 fully saturated rings. The van der Waals surface area contributed by atoms with Crippen molar-refractivity contribution in [2.75, 3.05) is 13.1 Å². The largest absolute Gasteiger partial charge is 0.355 e. The molecular weight excluding hydrogens is 336 g/mol. The second-order valence-electron chi connectivity index (χ2n) is 10.5. The van der Waals surface area contributed by atoms with Crippen LogP contribution in [0.4, 0.5) is 0 Å². The van der Waals surface area contributed by atoms with Crippen LogP contribution in [0.3, 0.4) is 0 Å². The molecule has 5 saturated carbocycles. The predicted octanol–water partition coefficient (Wildman–Crippen LogP) is 3.89. The molecule has 0 aromatic heterocycles. The quantitative estimate of drug-likeness (QED) is 0.814. The second-order valence-corrected chi connectivity index (χ2v) is 10.5. The highest BCUT2D eigenvalue weighted by Gasteiger charge is 2.54. The molecule has 0 radical (unpaired) electrons. The zero-order valence-corrected chi connectivity index (χ0v) is 16.8. The number of carbonyl (C=O) groups excluding carboxylic acids is 2. The van der Waals surface area contributed by atoms with Crippen LogP contribution in [0, 0.1) is 29.1 Å². The molecule has 4 nitrogen and oxygen atoms in total. The summed E-state index contributed by atoms with van der Waals surface area (Å²) >= 11 is 0. The highest BCUT2D eigenvalue weighted by Crippen LogP contribution is 2.60. The van der Waals surface area contributed by atoms with E-state index in [0.717, 1.165) is 55.9 Å². The van der Waals surface area contributed by atoms with Crippen LogP contribution in [0.25, 0.3) is 0 Å². The summed E-state index contributed by atoms with van der Waals surface area (Å²) in [5.41, 5.74) is -0.0859. The van der Waals surface area contributed by atoms with Gasteiger partial charge in [-0.25, -0.2) is 0 Å². The van der Waals surface area contributed by atoms with Crippen LogP contribution < -0.4 is 5.32 Å². The van der Waals surface area contributed by atoms with Crippen LogP contribution in [0.15, 0.2) is 0 Å². The fourth-order valence-electron chi connectivity index (χ4n) is 7.94. The van der Waals surface area contributed by atoms with E-state index in [1.807, 2.05) is 0 Å². The van der Waals surface area contributed by atoms with Gasteiger partial charge in [0.15, 0.2) is 0 Å². The van der Waals surface area contributed by atoms with Crippen molar-refractivity contribution >= 4 is 11.8 Å². The van der Waals surface area contributed by atoms with Gasteiger partial charge >= 0.3 is 0 Å². The van der Waals surface area contributed by atoms with E-state index in [4.69, 9.17) is 0 Å². The zero-order chi connectivity index (χ0) is 18.4. The minimum atomic E-state index is -0.0859. The fourth-order valence-corrected chi connectivity index (χ4v) is 7.94. The molecule has 1 aliphatic heterocycles. The number of likely N-dealkylation sites (tertiary alicyclic amines) is 1. The summed E-state index contributed by atoms with van der Waals surface area (Å²) in [7, 11) is 0. The smallest absolute Gasteiger partial charge is 0.226 e. The molecule has 1 N–H and O–H groups in total. The Morgan fingerprint density at radius 3 is 2.22 bits per heavy atom. The van der Waals surface area contributed by atoms with E-state index in [0.29, 0.717) is 19.0 Å². The highest BCUT2D eigenvalue weighted by atomic mass is 16.2. The summed E-state index contributed by atoms with van der Waals surface area (Å²) < 4.78 is 0. The average Bonchev–Trinajstić information content (AvgIpc) is 2.66. The number of nitrogens with one attached hydrogen (secondary N) is 1. The van der Waals surface area contributed by atoms with Crippen molar-refractivity contribution in [1.82, 2.24) is 10.2 Å². The first-order chi connectivity index (χ1) is 13.1. The van der Waals surface area contributed by atoms with Crippen molar-refractivity contribution < 1.29 is 9.59 Å². The van der Waals surface area contributed by atoms with E-state index in [9.17, 15) is 9.59 Å². The van der Waals surface area contributed by atoms with Crippen LogP contribution in [-0.4, -0.2) is 35.8 Å². The molecule has 27 heavy (non-hydrogen) atoms. The molecule has 6 aliphatic rings. The Morgan fingerprint density at radius 1 is 0.889 bits per heavy atom. The number of fused-ring (bicyclic) bond motifs is 1. The molecule has 150 valence electrons. The third-order valence-corrected chi connectivity index (χ3v) is 8.71. The van der Waals surface area contributed by atoms with Gasteiger partial charge in [0, 0.05) is 31.0 Å². The maximum Gasteiger partial charge on any atom is 0.226 e. The summed E-state index contributed by atoms with van der Waals surface area (Å²) in [5.74, 6) is 3.65. The highest BCUT2D eigenvalue weighted by molar-refractivity contribution is 5.84. The summed E-state index contributed by atoms with van der Waals surface area (Å²) in [5, 5.41) is 3.20. The predicted molar refractivity (Wildman–Crippen MR) is 105 cm³/mol. The van der Waals surface area contributed by atoms with Gasteiger partial charge < -0.3 is 10.2 Å². The van der Waals surface area contributed by atoms with Gasteiger partial charge in [-0.05, 0) is 87.9 Å². The van der Waals surface area contributed by atoms with Crippen molar-refractivity contribution in [3.8, 4) is 0 Å². The first kappa shape index (κ1) is 18.0. The first-order valence-electron chi connectivity index (χ1n) is 11.7. The monoisotopic (exact) mass is 372 g/mol. The maximum absolute atomic E-state index is 13.0. The lowest BCUT2D eigenvalue weighted by Crippen LogP contribution is -2.54. The molecule has 6 rings (SSSR count). The minimum Gasteiger partial charge on any atom is -0.355 e. The standard InChI is InChI=1S/C23H36N2O2/c26-21(25-9-3-5-19-4-1-2-6-20(19)25)7-8-24-22(27)23-13-16-10-17(14-23)12-18(11-16)15-23/h16-20H,1-15H2,(H,24,27). The summed E-state index contributed by atoms with van der Waals surface area (Å²) in [6.07, 6.45) is 15.5. The van der Waals surface area contributed by atoms with Gasteiger partial charge in [0.2, 0.25) is 11.8 Å². The minimum absolute atomic E-state index is 0.0859. The first-order valence-corrected chi connectivity index (χ1v) is 11.7. The van der Waals surface area contributed by atoms with E-state index in [2.05, 4.69) is 10.2 Å². The third-order valence-electron chi connectivity index (χ3n) is 8.71. The topological polar surface area (TPSA) is 49.4 Å². The van der Waals surface area contributed by atoms with Crippen LogP contribution in [0.1, 0.15) is 83.5 Å². The molecular formula is C23H36N2O2. The number of hydrogen-bond acceptors (Lipinski definition) is 2. The SMILES string of the molecule is O=C(CCNC(=O)C12CC3CC(CC(C3)C1)C2)N1CCCC2CCCCC21. The molecule has 4 bridgehead atoms. The van der Waals surface area contributed by atoms with E-state index < -0.39 is 0 Å². The van der Waals surface area contributed by atoms with Crippen molar-refractivity contribution in [2.45, 2.75) is 89.5 Å². The number of piperidine rings is 1. The molecule has 1 heterocycles. The van der Waals surface area contributed by atoms with E-state index in [1.165, 1.54) is 51.4 Å². The van der Waals surface area contributed by atoms with Crippen LogP contribution in [-0.2, 0) is 9.59 Å². The van der Waals surface area contributed by atoms with Gasteiger partial charge in [0.25, 0.3) is 0 Å². The Morgan fingerprint density at radius 2 is 1.52 bits per heavy atom. The van der Waals surface area contributed by atoms with E-state index in [-0.39, 0.29) is 17.2 Å². The maximum atomic E-state index is 13.0. The van der Waals surface area contributed by atoms with Crippen molar-refractivity contribution in [3.05, 3.63) is 0 Å². The number of hydrogen-bond donors (Lipinski definition) is 1. The lowest BCUT2D eigenvalue weighted by Gasteiger charge is -2.55. The number of nitrogens with zero attached hydrogens (tertiary/aromatic N) is 1. The lowest BCUT2D eigenvalue weighted by molar-refractivity contribution is -0.146. The second kappa shape index (κ2) is 7.08. The van der Waals surface area contributed by atoms with Gasteiger partial charge in [-0.3, -0.25) is 9.59 Å². The van der Waals surface area contributed by atoms with Crippen LogP contribution in [0.2, 0.25) is 0 Å². The van der Waals surface area contributed by atoms with Crippen LogP contribution in [0.5, 0.6) is 0 Å². The number of rotatable bonds is 4. The molecule has 0 aromatic rings. The van der Waals surface area contributed by atoms with Gasteiger partial charge in [0.05, 0.1) is 0 Å². The summed E-state index contributed by atoms with van der Waals surface area (Å²) in [4.78, 5) is 28.1. The van der Waals surface area contributed by atoms with E-state index >= 15 is 0 Å². The van der Waals surface area contributed by atoms with Gasteiger partial charge in [-0.15, -0.1) is 0 Å². The van der Waals surface area contributed by atoms with Crippen molar-refractivity contribution in [1.29, 1.82) is 0 Å². The normalized spacial score (nSPS) is 42.7. The van der Waals surface area contributed by atoms with E-state index in [1.54, 1.807) is 0 Å². The lowest BCUT2D eigenvalue weighted by atomic mass is 9.49. The molecule has 1 saturated heterocycles.